The number of amides is 1. The maximum absolute atomic E-state index is 10.8. The van der Waals surface area contributed by atoms with Gasteiger partial charge in [-0.15, -0.1) is 0 Å². The summed E-state index contributed by atoms with van der Waals surface area (Å²) in [6.07, 6.45) is 8.75. The van der Waals surface area contributed by atoms with Crippen LogP contribution in [0, 0.1) is 0 Å². The molecule has 1 atom stereocenters. The first kappa shape index (κ1) is 14.4. The van der Waals surface area contributed by atoms with Gasteiger partial charge in [-0.1, -0.05) is 25.7 Å². The Morgan fingerprint density at radius 1 is 1.35 bits per heavy atom. The third kappa shape index (κ3) is 5.96. The molecule has 0 aliphatic heterocycles. The maximum Gasteiger partial charge on any atom is 0.326 e. The van der Waals surface area contributed by atoms with Crippen LogP contribution in [0.25, 0.3) is 0 Å². The molecule has 1 saturated carbocycles. The van der Waals surface area contributed by atoms with E-state index >= 15 is 0 Å². The third-order valence-corrected chi connectivity index (χ3v) is 4.54. The van der Waals surface area contributed by atoms with Crippen LogP contribution in [-0.2, 0) is 9.59 Å². The van der Waals surface area contributed by atoms with E-state index in [1.54, 1.807) is 0 Å². The molecule has 17 heavy (non-hydrogen) atoms. The van der Waals surface area contributed by atoms with Crippen molar-refractivity contribution in [3.63, 3.8) is 0 Å². The fraction of sp³-hybridized carbons (Fsp3) is 0.833. The van der Waals surface area contributed by atoms with E-state index in [9.17, 15) is 9.59 Å². The van der Waals surface area contributed by atoms with Crippen molar-refractivity contribution >= 4 is 24.1 Å². The Morgan fingerprint density at radius 3 is 2.53 bits per heavy atom. The molecule has 0 aromatic carbocycles. The van der Waals surface area contributed by atoms with Gasteiger partial charge in [-0.2, -0.15) is 11.8 Å². The van der Waals surface area contributed by atoms with Crippen molar-refractivity contribution in [2.45, 2.75) is 56.2 Å². The Morgan fingerprint density at radius 2 is 2.00 bits per heavy atom. The quantitative estimate of drug-likeness (QED) is 0.542. The maximum atomic E-state index is 10.8. The topological polar surface area (TPSA) is 66.4 Å². The molecule has 2 N–H and O–H groups in total. The molecule has 98 valence electrons. The van der Waals surface area contributed by atoms with Crippen LogP contribution < -0.4 is 5.32 Å². The van der Waals surface area contributed by atoms with Crippen LogP contribution in [0.15, 0.2) is 0 Å². The van der Waals surface area contributed by atoms with E-state index in [2.05, 4.69) is 5.32 Å². The van der Waals surface area contributed by atoms with Crippen LogP contribution in [0.5, 0.6) is 0 Å². The van der Waals surface area contributed by atoms with Gasteiger partial charge in [-0.05, 0) is 25.0 Å². The minimum absolute atomic E-state index is 0.467. The van der Waals surface area contributed by atoms with E-state index in [0.29, 0.717) is 18.1 Å². The molecule has 1 unspecified atom stereocenters. The second-order valence-corrected chi connectivity index (χ2v) is 5.86. The summed E-state index contributed by atoms with van der Waals surface area (Å²) in [6, 6.07) is -0.731. The lowest BCUT2D eigenvalue weighted by atomic mass is 10.2. The molecule has 0 heterocycles. The largest absolute Gasteiger partial charge is 0.480 e. The summed E-state index contributed by atoms with van der Waals surface area (Å²) in [5.74, 6) is -0.138. The molecule has 5 heteroatoms. The normalized spacial score (nSPS) is 19.3. The number of hydrogen-bond acceptors (Lipinski definition) is 3. The SMILES string of the molecule is O=CNC(CCSC1CCCCCC1)C(=O)O. The Labute approximate surface area is 107 Å². The molecule has 1 fully saturated rings. The number of thioether (sulfide) groups is 1. The lowest BCUT2D eigenvalue weighted by Gasteiger charge is -2.15. The van der Waals surface area contributed by atoms with E-state index in [4.69, 9.17) is 5.11 Å². The molecule has 0 bridgehead atoms. The summed E-state index contributed by atoms with van der Waals surface area (Å²) in [6.45, 7) is 0. The van der Waals surface area contributed by atoms with Gasteiger partial charge in [0.05, 0.1) is 0 Å². The standard InChI is InChI=1S/C12H21NO3S/c14-9-13-11(12(15)16)7-8-17-10-5-3-1-2-4-6-10/h9-11H,1-8H2,(H,13,14)(H,15,16). The lowest BCUT2D eigenvalue weighted by molar-refractivity contribution is -0.140. The summed E-state index contributed by atoms with van der Waals surface area (Å²) in [4.78, 5) is 21.0. The monoisotopic (exact) mass is 259 g/mol. The number of aliphatic carboxylic acids is 1. The molecule has 0 spiro atoms. The highest BCUT2D eigenvalue weighted by Gasteiger charge is 2.17. The zero-order valence-electron chi connectivity index (χ0n) is 10.1. The van der Waals surface area contributed by atoms with Crippen molar-refractivity contribution < 1.29 is 14.7 Å². The molecule has 0 aromatic heterocycles. The first-order chi connectivity index (χ1) is 8.24. The van der Waals surface area contributed by atoms with Crippen molar-refractivity contribution in [2.24, 2.45) is 0 Å². The minimum Gasteiger partial charge on any atom is -0.480 e. The van der Waals surface area contributed by atoms with Gasteiger partial charge in [0.2, 0.25) is 6.41 Å². The number of carboxylic acid groups (broad SMARTS) is 1. The Balaban J connectivity index is 2.19. The molecule has 0 radical (unpaired) electrons. The smallest absolute Gasteiger partial charge is 0.326 e. The van der Waals surface area contributed by atoms with Crippen LogP contribution >= 0.6 is 11.8 Å². The third-order valence-electron chi connectivity index (χ3n) is 3.13. The average molecular weight is 259 g/mol. The van der Waals surface area contributed by atoms with E-state index in [0.717, 1.165) is 5.75 Å². The highest BCUT2D eigenvalue weighted by molar-refractivity contribution is 7.99. The van der Waals surface area contributed by atoms with Crippen LogP contribution in [0.4, 0.5) is 0 Å². The molecule has 1 aliphatic carbocycles. The number of carbonyl (C=O) groups is 2. The van der Waals surface area contributed by atoms with Gasteiger partial charge in [0.1, 0.15) is 6.04 Å². The summed E-state index contributed by atoms with van der Waals surface area (Å²) >= 11 is 1.86. The zero-order valence-corrected chi connectivity index (χ0v) is 10.9. The first-order valence-corrected chi connectivity index (χ1v) is 7.33. The van der Waals surface area contributed by atoms with Crippen LogP contribution in [-0.4, -0.2) is 34.5 Å². The van der Waals surface area contributed by atoms with E-state index < -0.39 is 12.0 Å². The van der Waals surface area contributed by atoms with Gasteiger partial charge in [-0.25, -0.2) is 4.79 Å². The van der Waals surface area contributed by atoms with Crippen molar-refractivity contribution in [1.82, 2.24) is 5.32 Å². The molecule has 0 aromatic rings. The Hall–Kier alpha value is -0.710. The Bertz CT molecular complexity index is 240. The second-order valence-electron chi connectivity index (χ2n) is 4.45. The minimum atomic E-state index is -0.946. The number of hydrogen-bond donors (Lipinski definition) is 2. The highest BCUT2D eigenvalue weighted by Crippen LogP contribution is 2.27. The van der Waals surface area contributed by atoms with Crippen LogP contribution in [0.3, 0.4) is 0 Å². The van der Waals surface area contributed by atoms with Crippen molar-refractivity contribution in [3.8, 4) is 0 Å². The molecule has 1 rings (SSSR count). The number of carboxylic acids is 1. The van der Waals surface area contributed by atoms with Gasteiger partial charge in [0.15, 0.2) is 0 Å². The van der Waals surface area contributed by atoms with E-state index in [1.807, 2.05) is 11.8 Å². The van der Waals surface area contributed by atoms with Crippen molar-refractivity contribution in [2.75, 3.05) is 5.75 Å². The van der Waals surface area contributed by atoms with Gasteiger partial charge in [0.25, 0.3) is 0 Å². The summed E-state index contributed by atoms with van der Waals surface area (Å²) in [7, 11) is 0. The number of carbonyl (C=O) groups excluding carboxylic acids is 1. The fourth-order valence-corrected chi connectivity index (χ4v) is 3.49. The van der Waals surface area contributed by atoms with Gasteiger partial charge in [0, 0.05) is 5.25 Å². The molecular formula is C12H21NO3S. The van der Waals surface area contributed by atoms with Crippen LogP contribution in [0.1, 0.15) is 44.9 Å². The molecular weight excluding hydrogens is 238 g/mol. The molecule has 0 saturated heterocycles. The Kier molecular flexibility index (Phi) is 7.08. The zero-order chi connectivity index (χ0) is 12.5. The van der Waals surface area contributed by atoms with Crippen molar-refractivity contribution in [3.05, 3.63) is 0 Å². The van der Waals surface area contributed by atoms with E-state index in [1.165, 1.54) is 38.5 Å². The van der Waals surface area contributed by atoms with Gasteiger partial charge in [-0.3, -0.25) is 4.79 Å². The van der Waals surface area contributed by atoms with E-state index in [-0.39, 0.29) is 0 Å². The van der Waals surface area contributed by atoms with Gasteiger partial charge >= 0.3 is 5.97 Å². The molecule has 4 nitrogen and oxygen atoms in total. The predicted octanol–water partition coefficient (Wildman–Crippen LogP) is 2.03. The predicted molar refractivity (Wildman–Crippen MR) is 69.2 cm³/mol. The first-order valence-electron chi connectivity index (χ1n) is 6.28. The van der Waals surface area contributed by atoms with Crippen LogP contribution in [0.2, 0.25) is 0 Å². The number of rotatable bonds is 7. The average Bonchev–Trinajstić information content (AvgIpc) is 2.56. The van der Waals surface area contributed by atoms with Crippen molar-refractivity contribution in [1.29, 1.82) is 0 Å². The van der Waals surface area contributed by atoms with Gasteiger partial charge < -0.3 is 10.4 Å². The fourth-order valence-electron chi connectivity index (χ4n) is 2.12. The summed E-state index contributed by atoms with van der Waals surface area (Å²) < 4.78 is 0. The number of nitrogens with one attached hydrogen (secondary N) is 1. The molecule has 1 aliphatic rings. The second kappa shape index (κ2) is 8.39. The highest BCUT2D eigenvalue weighted by atomic mass is 32.2. The lowest BCUT2D eigenvalue weighted by Crippen LogP contribution is -2.36. The summed E-state index contributed by atoms with van der Waals surface area (Å²) in [5.41, 5.74) is 0. The molecule has 1 amide bonds. The summed E-state index contributed by atoms with van der Waals surface area (Å²) in [5, 5.41) is 11.9.